The van der Waals surface area contributed by atoms with Crippen LogP contribution in [0.1, 0.15) is 42.5 Å². The van der Waals surface area contributed by atoms with E-state index in [9.17, 15) is 4.39 Å². The third-order valence-electron chi connectivity index (χ3n) is 7.41. The second-order valence-electron chi connectivity index (χ2n) is 10.2. The minimum absolute atomic E-state index is 0.395. The molecule has 3 heterocycles. The number of pyridine rings is 2. The first-order valence-corrected chi connectivity index (χ1v) is 14.5. The van der Waals surface area contributed by atoms with E-state index >= 15 is 0 Å². The molecule has 6 nitrogen and oxygen atoms in total. The van der Waals surface area contributed by atoms with Gasteiger partial charge in [0.2, 0.25) is 5.95 Å². The quantitative estimate of drug-likeness (QED) is 0.162. The minimum Gasteiger partial charge on any atom is -0.497 e. The summed E-state index contributed by atoms with van der Waals surface area (Å²) in [5, 5.41) is 3.68. The SMILES string of the molecule is COc1ccc(CN(Sc2cnc(NC3CCN(C(C)c4ccccc4)CC3)c(C)c2)c2cccc(F)n2)cc1. The van der Waals surface area contributed by atoms with Crippen molar-refractivity contribution >= 4 is 23.6 Å². The minimum atomic E-state index is -0.504. The van der Waals surface area contributed by atoms with Crippen LogP contribution in [-0.2, 0) is 6.54 Å². The van der Waals surface area contributed by atoms with Crippen LogP contribution in [0.3, 0.4) is 0 Å². The van der Waals surface area contributed by atoms with Gasteiger partial charge in [0.15, 0.2) is 0 Å². The first kappa shape index (κ1) is 27.9. The van der Waals surface area contributed by atoms with Crippen LogP contribution in [-0.4, -0.2) is 41.1 Å². The molecule has 5 rings (SSSR count). The van der Waals surface area contributed by atoms with E-state index < -0.39 is 5.95 Å². The third-order valence-corrected chi connectivity index (χ3v) is 8.38. The maximum absolute atomic E-state index is 14.0. The van der Waals surface area contributed by atoms with Crippen LogP contribution in [0.5, 0.6) is 5.75 Å². The average molecular weight is 558 g/mol. The van der Waals surface area contributed by atoms with Gasteiger partial charge < -0.3 is 10.1 Å². The standard InChI is InChI=1S/C32H36FN5OS/c1-23-20-29(40-38(31-11-7-10-30(33)36-31)22-25-12-14-28(39-3)15-13-25)21-34-32(23)35-27-16-18-37(19-17-27)24(2)26-8-5-4-6-9-26/h4-15,20-21,24,27H,16-19,22H2,1-3H3,(H,34,35). The molecule has 1 fully saturated rings. The van der Waals surface area contributed by atoms with Gasteiger partial charge in [0, 0.05) is 36.3 Å². The second kappa shape index (κ2) is 13.2. The molecule has 1 saturated heterocycles. The van der Waals surface area contributed by atoms with Crippen LogP contribution in [0.15, 0.2) is 90.0 Å². The highest BCUT2D eigenvalue weighted by Gasteiger charge is 2.24. The lowest BCUT2D eigenvalue weighted by molar-refractivity contribution is 0.167. The Morgan fingerprint density at radius 3 is 2.48 bits per heavy atom. The summed E-state index contributed by atoms with van der Waals surface area (Å²) in [4.78, 5) is 12.4. The predicted octanol–water partition coefficient (Wildman–Crippen LogP) is 7.28. The topological polar surface area (TPSA) is 53.5 Å². The molecule has 0 amide bonds. The van der Waals surface area contributed by atoms with Crippen molar-refractivity contribution in [3.63, 3.8) is 0 Å². The number of benzene rings is 2. The summed E-state index contributed by atoms with van der Waals surface area (Å²) < 4.78 is 21.3. The van der Waals surface area contributed by atoms with Crippen LogP contribution in [0.4, 0.5) is 16.0 Å². The van der Waals surface area contributed by atoms with E-state index in [0.717, 1.165) is 53.5 Å². The van der Waals surface area contributed by atoms with Crippen LogP contribution < -0.4 is 14.4 Å². The highest BCUT2D eigenvalue weighted by molar-refractivity contribution is 8.00. The van der Waals surface area contributed by atoms with Crippen molar-refractivity contribution < 1.29 is 9.13 Å². The Kier molecular flexibility index (Phi) is 9.19. The fourth-order valence-electron chi connectivity index (χ4n) is 5.04. The number of methoxy groups -OCH3 is 1. The van der Waals surface area contributed by atoms with Gasteiger partial charge in [-0.2, -0.15) is 4.39 Å². The van der Waals surface area contributed by atoms with E-state index in [2.05, 4.69) is 65.4 Å². The summed E-state index contributed by atoms with van der Waals surface area (Å²) in [6.07, 6.45) is 4.04. The summed E-state index contributed by atoms with van der Waals surface area (Å²) in [5.41, 5.74) is 3.52. The van der Waals surface area contributed by atoms with Crippen LogP contribution in [0.25, 0.3) is 0 Å². The van der Waals surface area contributed by atoms with Crippen molar-refractivity contribution in [1.82, 2.24) is 14.9 Å². The maximum Gasteiger partial charge on any atom is 0.214 e. The number of ether oxygens (including phenoxy) is 1. The number of hydrogen-bond donors (Lipinski definition) is 1. The molecule has 2 aromatic carbocycles. The molecule has 8 heteroatoms. The normalized spacial score (nSPS) is 15.0. The molecule has 4 aromatic rings. The van der Waals surface area contributed by atoms with Gasteiger partial charge in [0.1, 0.15) is 17.4 Å². The number of anilines is 2. The van der Waals surface area contributed by atoms with Gasteiger partial charge in [0.05, 0.1) is 13.7 Å². The largest absolute Gasteiger partial charge is 0.497 e. The molecule has 2 aromatic heterocycles. The lowest BCUT2D eigenvalue weighted by Crippen LogP contribution is -2.40. The van der Waals surface area contributed by atoms with Crippen molar-refractivity contribution in [2.75, 3.05) is 29.8 Å². The molecule has 0 bridgehead atoms. The predicted molar refractivity (Wildman–Crippen MR) is 161 cm³/mol. The number of aromatic nitrogens is 2. The summed E-state index contributed by atoms with van der Waals surface area (Å²) in [6, 6.07) is 26.4. The molecule has 1 unspecified atom stereocenters. The second-order valence-corrected chi connectivity index (χ2v) is 11.3. The van der Waals surface area contributed by atoms with Crippen LogP contribution in [0, 0.1) is 12.9 Å². The van der Waals surface area contributed by atoms with E-state index in [0.29, 0.717) is 24.4 Å². The lowest BCUT2D eigenvalue weighted by Gasteiger charge is -2.36. The van der Waals surface area contributed by atoms with E-state index in [1.165, 1.54) is 23.6 Å². The van der Waals surface area contributed by atoms with Gasteiger partial charge in [-0.3, -0.25) is 9.21 Å². The zero-order valence-electron chi connectivity index (χ0n) is 23.3. The lowest BCUT2D eigenvalue weighted by atomic mass is 10.00. The molecule has 0 aliphatic carbocycles. The van der Waals surface area contributed by atoms with Crippen molar-refractivity contribution in [1.29, 1.82) is 0 Å². The van der Waals surface area contributed by atoms with Crippen molar-refractivity contribution in [2.45, 2.75) is 50.2 Å². The summed E-state index contributed by atoms with van der Waals surface area (Å²) in [7, 11) is 1.65. The molecule has 0 radical (unpaired) electrons. The molecule has 40 heavy (non-hydrogen) atoms. The van der Waals surface area contributed by atoms with Crippen molar-refractivity contribution in [3.05, 3.63) is 108 Å². The Morgan fingerprint density at radius 2 is 1.80 bits per heavy atom. The number of rotatable bonds is 10. The molecule has 0 spiro atoms. The maximum atomic E-state index is 14.0. The van der Waals surface area contributed by atoms with Crippen LogP contribution >= 0.6 is 11.9 Å². The number of piperidine rings is 1. The molecule has 1 aliphatic heterocycles. The van der Waals surface area contributed by atoms with E-state index in [1.807, 2.05) is 40.8 Å². The Labute approximate surface area is 240 Å². The Bertz CT molecular complexity index is 1380. The average Bonchev–Trinajstić information content (AvgIpc) is 2.99. The summed E-state index contributed by atoms with van der Waals surface area (Å²) in [6.45, 7) is 7.04. The Balaban J connectivity index is 1.23. The van der Waals surface area contributed by atoms with Gasteiger partial charge in [0.25, 0.3) is 0 Å². The molecule has 208 valence electrons. The highest BCUT2D eigenvalue weighted by Crippen LogP contribution is 2.32. The molecule has 1 aliphatic rings. The van der Waals surface area contributed by atoms with Gasteiger partial charge in [-0.1, -0.05) is 48.5 Å². The van der Waals surface area contributed by atoms with Gasteiger partial charge in [-0.25, -0.2) is 9.97 Å². The number of halogens is 1. The molecule has 1 atom stereocenters. The zero-order chi connectivity index (χ0) is 27.9. The first-order valence-electron chi connectivity index (χ1n) is 13.7. The Hall–Kier alpha value is -3.62. The fourth-order valence-corrected chi connectivity index (χ4v) is 6.03. The number of nitrogens with zero attached hydrogens (tertiary/aromatic N) is 4. The summed E-state index contributed by atoms with van der Waals surface area (Å²) in [5.74, 6) is 1.77. The summed E-state index contributed by atoms with van der Waals surface area (Å²) >= 11 is 1.50. The highest BCUT2D eigenvalue weighted by atomic mass is 32.2. The van der Waals surface area contributed by atoms with Gasteiger partial charge >= 0.3 is 0 Å². The molecular weight excluding hydrogens is 521 g/mol. The van der Waals surface area contributed by atoms with Gasteiger partial charge in [-0.15, -0.1) is 0 Å². The smallest absolute Gasteiger partial charge is 0.214 e. The monoisotopic (exact) mass is 557 g/mol. The van der Waals surface area contributed by atoms with Crippen LogP contribution in [0.2, 0.25) is 0 Å². The number of likely N-dealkylation sites (tertiary alicyclic amines) is 1. The number of nitrogens with one attached hydrogen (secondary N) is 1. The van der Waals surface area contributed by atoms with E-state index in [4.69, 9.17) is 9.72 Å². The van der Waals surface area contributed by atoms with Gasteiger partial charge in [-0.05, 0) is 85.7 Å². The van der Waals surface area contributed by atoms with Crippen molar-refractivity contribution in [2.24, 2.45) is 0 Å². The first-order chi connectivity index (χ1) is 19.5. The Morgan fingerprint density at radius 1 is 1.05 bits per heavy atom. The zero-order valence-corrected chi connectivity index (χ0v) is 24.1. The molecule has 0 saturated carbocycles. The number of hydrogen-bond acceptors (Lipinski definition) is 7. The third kappa shape index (κ3) is 7.11. The molecule has 1 N–H and O–H groups in total. The van der Waals surface area contributed by atoms with E-state index in [-0.39, 0.29) is 0 Å². The molecular formula is C32H36FN5OS. The fraction of sp³-hybridized carbons (Fsp3) is 0.312. The number of aryl methyl sites for hydroxylation is 1. The van der Waals surface area contributed by atoms with E-state index in [1.54, 1.807) is 13.2 Å². The van der Waals surface area contributed by atoms with Crippen molar-refractivity contribution in [3.8, 4) is 5.75 Å².